The lowest BCUT2D eigenvalue weighted by atomic mass is 10.3. The van der Waals surface area contributed by atoms with E-state index in [0.29, 0.717) is 10.9 Å². The molecule has 0 unspecified atom stereocenters. The van der Waals surface area contributed by atoms with Crippen LogP contribution >= 0.6 is 11.6 Å². The predicted molar refractivity (Wildman–Crippen MR) is 76.5 cm³/mol. The van der Waals surface area contributed by atoms with Crippen molar-refractivity contribution in [1.82, 2.24) is 4.98 Å². The van der Waals surface area contributed by atoms with Gasteiger partial charge in [0.2, 0.25) is 0 Å². The summed E-state index contributed by atoms with van der Waals surface area (Å²) in [4.78, 5) is 10.1. The second-order valence-electron chi connectivity index (χ2n) is 4.70. The number of hydrogen-bond acceptors (Lipinski definition) is 3. The topological polar surface area (TPSA) is 25.4 Å². The number of hydrogen-bond donors (Lipinski definition) is 0. The summed E-state index contributed by atoms with van der Waals surface area (Å²) in [5.74, 6) is 0.682. The zero-order chi connectivity index (χ0) is 13.1. The first-order valence-electron chi connectivity index (χ1n) is 6.42. The summed E-state index contributed by atoms with van der Waals surface area (Å²) in [6, 6.07) is 11.5. The van der Waals surface area contributed by atoms with Crippen LogP contribution in [-0.4, -0.2) is 11.6 Å². The Hall–Kier alpha value is -1.58. The van der Waals surface area contributed by atoms with E-state index in [-0.39, 0.29) is 0 Å². The van der Waals surface area contributed by atoms with Gasteiger partial charge in [-0.05, 0) is 43.0 Å². The molecule has 1 aliphatic carbocycles. The minimum Gasteiger partial charge on any atom is -0.268 e. The summed E-state index contributed by atoms with van der Waals surface area (Å²) in [6.45, 7) is 0.722. The molecule has 0 aliphatic heterocycles. The number of rotatable bonds is 5. The summed E-state index contributed by atoms with van der Waals surface area (Å²) >= 11 is 6.26. The maximum Gasteiger partial charge on any atom is 0.0882 e. The van der Waals surface area contributed by atoms with Crippen molar-refractivity contribution >= 4 is 23.0 Å². The molecule has 3 nitrogen and oxygen atoms in total. The summed E-state index contributed by atoms with van der Waals surface area (Å²) in [7, 11) is 0. The van der Waals surface area contributed by atoms with Crippen molar-refractivity contribution in [2.75, 3.05) is 11.7 Å². The Labute approximate surface area is 117 Å². The number of halogens is 1. The van der Waals surface area contributed by atoms with E-state index in [2.05, 4.69) is 4.98 Å². The zero-order valence-corrected chi connectivity index (χ0v) is 11.3. The summed E-state index contributed by atoms with van der Waals surface area (Å²) < 4.78 is 0. The molecule has 1 saturated carbocycles. The van der Waals surface area contributed by atoms with Crippen molar-refractivity contribution in [2.45, 2.75) is 12.8 Å². The largest absolute Gasteiger partial charge is 0.268 e. The van der Waals surface area contributed by atoms with Crippen molar-refractivity contribution in [3.63, 3.8) is 0 Å². The van der Waals surface area contributed by atoms with Crippen molar-refractivity contribution in [3.8, 4) is 0 Å². The Balaban J connectivity index is 1.89. The number of aromatic nitrogens is 1. The van der Waals surface area contributed by atoms with Gasteiger partial charge in [-0.15, -0.1) is 0 Å². The molecule has 0 atom stereocenters. The molecule has 0 bridgehead atoms. The van der Waals surface area contributed by atoms with E-state index in [0.717, 1.165) is 18.0 Å². The number of pyridine rings is 1. The van der Waals surface area contributed by atoms with Crippen molar-refractivity contribution in [2.24, 2.45) is 5.92 Å². The van der Waals surface area contributed by atoms with Gasteiger partial charge in [-0.2, -0.15) is 0 Å². The van der Waals surface area contributed by atoms with Crippen LogP contribution in [0.4, 0.5) is 11.4 Å². The van der Waals surface area contributed by atoms with Crippen LogP contribution in [0, 0.1) is 5.92 Å². The summed E-state index contributed by atoms with van der Waals surface area (Å²) in [5, 5.41) is 2.44. The van der Waals surface area contributed by atoms with Gasteiger partial charge in [0.1, 0.15) is 0 Å². The molecule has 2 aromatic rings. The van der Waals surface area contributed by atoms with E-state index in [1.807, 2.05) is 36.4 Å². The third-order valence-corrected chi connectivity index (χ3v) is 3.41. The lowest BCUT2D eigenvalue weighted by Gasteiger charge is -2.24. The molecule has 1 aliphatic rings. The molecule has 0 amide bonds. The van der Waals surface area contributed by atoms with Crippen molar-refractivity contribution < 1.29 is 4.84 Å². The highest BCUT2D eigenvalue weighted by atomic mass is 35.5. The summed E-state index contributed by atoms with van der Waals surface area (Å²) in [5.41, 5.74) is 1.73. The minimum atomic E-state index is 0.669. The van der Waals surface area contributed by atoms with E-state index in [9.17, 15) is 0 Å². The van der Waals surface area contributed by atoms with E-state index < -0.39 is 0 Å². The molecule has 0 N–H and O–H groups in total. The molecule has 98 valence electrons. The molecule has 1 heterocycles. The molecule has 0 radical (unpaired) electrons. The second kappa shape index (κ2) is 5.59. The highest BCUT2D eigenvalue weighted by molar-refractivity contribution is 6.33. The molecule has 1 aromatic heterocycles. The highest BCUT2D eigenvalue weighted by Crippen LogP contribution is 2.34. The number of benzene rings is 1. The van der Waals surface area contributed by atoms with Crippen molar-refractivity contribution in [1.29, 1.82) is 0 Å². The van der Waals surface area contributed by atoms with Crippen molar-refractivity contribution in [3.05, 3.63) is 53.8 Å². The molecule has 1 fully saturated rings. The van der Waals surface area contributed by atoms with Crippen LogP contribution in [0.15, 0.2) is 48.8 Å². The van der Waals surface area contributed by atoms with Crippen LogP contribution in [0.5, 0.6) is 0 Å². The molecular weight excluding hydrogens is 260 g/mol. The Morgan fingerprint density at radius 1 is 1.21 bits per heavy atom. The fourth-order valence-corrected chi connectivity index (χ4v) is 2.05. The third-order valence-electron chi connectivity index (χ3n) is 3.09. The Kier molecular flexibility index (Phi) is 3.67. The van der Waals surface area contributed by atoms with E-state index >= 15 is 0 Å². The van der Waals surface area contributed by atoms with Gasteiger partial charge in [-0.3, -0.25) is 9.82 Å². The molecular formula is C15H15ClN2O. The SMILES string of the molecule is Clc1ccccc1N(OCC1CC1)c1cccnc1. The molecule has 1 aromatic carbocycles. The first kappa shape index (κ1) is 12.5. The number of anilines is 2. The Bertz CT molecular complexity index is 543. The lowest BCUT2D eigenvalue weighted by molar-refractivity contribution is 0.125. The normalized spacial score (nSPS) is 14.4. The maximum atomic E-state index is 6.26. The van der Waals surface area contributed by atoms with Gasteiger partial charge in [0.25, 0.3) is 0 Å². The molecule has 19 heavy (non-hydrogen) atoms. The van der Waals surface area contributed by atoms with Gasteiger partial charge >= 0.3 is 0 Å². The average molecular weight is 275 g/mol. The zero-order valence-electron chi connectivity index (χ0n) is 10.5. The average Bonchev–Trinajstić information content (AvgIpc) is 3.26. The van der Waals surface area contributed by atoms with Crippen LogP contribution in [0.2, 0.25) is 5.02 Å². The van der Waals surface area contributed by atoms with E-state index in [4.69, 9.17) is 16.4 Å². The molecule has 0 spiro atoms. The molecule has 0 saturated heterocycles. The van der Waals surface area contributed by atoms with Gasteiger partial charge in [-0.25, -0.2) is 5.06 Å². The smallest absolute Gasteiger partial charge is 0.0882 e. The summed E-state index contributed by atoms with van der Waals surface area (Å²) in [6.07, 6.45) is 6.03. The van der Waals surface area contributed by atoms with Gasteiger partial charge in [-0.1, -0.05) is 23.7 Å². The van der Waals surface area contributed by atoms with Gasteiger partial charge < -0.3 is 0 Å². The highest BCUT2D eigenvalue weighted by Gasteiger charge is 2.24. The maximum absolute atomic E-state index is 6.26. The first-order chi connectivity index (χ1) is 9.34. The van der Waals surface area contributed by atoms with E-state index in [1.165, 1.54) is 12.8 Å². The molecule has 4 heteroatoms. The lowest BCUT2D eigenvalue weighted by Crippen LogP contribution is -2.19. The monoisotopic (exact) mass is 274 g/mol. The minimum absolute atomic E-state index is 0.669. The third kappa shape index (κ3) is 3.06. The number of para-hydroxylation sites is 1. The van der Waals surface area contributed by atoms with Gasteiger partial charge in [0.15, 0.2) is 0 Å². The quantitative estimate of drug-likeness (QED) is 0.764. The van der Waals surface area contributed by atoms with E-state index in [1.54, 1.807) is 17.5 Å². The second-order valence-corrected chi connectivity index (χ2v) is 5.10. The standard InChI is InChI=1S/C15H15ClN2O/c16-14-5-1-2-6-15(14)18(19-11-12-7-8-12)13-4-3-9-17-10-13/h1-6,9-10,12H,7-8,11H2. The van der Waals surface area contributed by atoms with Gasteiger partial charge in [0, 0.05) is 6.20 Å². The first-order valence-corrected chi connectivity index (χ1v) is 6.80. The van der Waals surface area contributed by atoms with Crippen LogP contribution in [0.1, 0.15) is 12.8 Å². The predicted octanol–water partition coefficient (Wildman–Crippen LogP) is 4.21. The number of nitrogens with zero attached hydrogens (tertiary/aromatic N) is 2. The van der Waals surface area contributed by atoms with Crippen LogP contribution in [0.25, 0.3) is 0 Å². The van der Waals surface area contributed by atoms with Crippen LogP contribution < -0.4 is 5.06 Å². The van der Waals surface area contributed by atoms with Gasteiger partial charge in [0.05, 0.1) is 29.2 Å². The molecule has 3 rings (SSSR count). The Morgan fingerprint density at radius 2 is 2.05 bits per heavy atom. The van der Waals surface area contributed by atoms with Crippen LogP contribution in [0.3, 0.4) is 0 Å². The Morgan fingerprint density at radius 3 is 2.74 bits per heavy atom. The van der Waals surface area contributed by atoms with Crippen LogP contribution in [-0.2, 0) is 4.84 Å². The fraction of sp³-hybridized carbons (Fsp3) is 0.267. The fourth-order valence-electron chi connectivity index (χ4n) is 1.84.